The van der Waals surface area contributed by atoms with Gasteiger partial charge in [0.15, 0.2) is 0 Å². The molecule has 0 heterocycles. The van der Waals surface area contributed by atoms with E-state index in [2.05, 4.69) is 5.32 Å². The summed E-state index contributed by atoms with van der Waals surface area (Å²) in [6.07, 6.45) is -5.00. The average Bonchev–Trinajstić information content (AvgIpc) is 2.25. The van der Waals surface area contributed by atoms with Crippen molar-refractivity contribution in [2.75, 3.05) is 13.2 Å². The molecule has 0 aliphatic heterocycles. The summed E-state index contributed by atoms with van der Waals surface area (Å²) in [5.74, 6) is -1.16. The Kier molecular flexibility index (Phi) is 7.24. The van der Waals surface area contributed by atoms with Crippen molar-refractivity contribution in [1.29, 1.82) is 0 Å². The molecule has 7 heteroatoms. The smallest absolute Gasteiger partial charge is 0.323 e. The summed E-state index contributed by atoms with van der Waals surface area (Å²) in [5.41, 5.74) is 0. The second-order valence-corrected chi connectivity index (χ2v) is 4.35. The average molecular weight is 251 g/mol. The van der Waals surface area contributed by atoms with Crippen LogP contribution in [0.1, 0.15) is 13.8 Å². The summed E-state index contributed by atoms with van der Waals surface area (Å²) in [5, 5.41) is 48.2. The van der Waals surface area contributed by atoms with Crippen molar-refractivity contribution in [3.05, 3.63) is 0 Å². The van der Waals surface area contributed by atoms with Gasteiger partial charge in [0.2, 0.25) is 0 Å². The molecule has 0 aromatic carbocycles. The fraction of sp³-hybridized carbons (Fsp3) is 0.900. The van der Waals surface area contributed by atoms with Crippen LogP contribution in [0.5, 0.6) is 0 Å². The Morgan fingerprint density at radius 2 is 1.71 bits per heavy atom. The number of carbonyl (C=O) groups is 1. The molecule has 0 aliphatic carbocycles. The summed E-state index contributed by atoms with van der Waals surface area (Å²) in [4.78, 5) is 10.9. The van der Waals surface area contributed by atoms with Crippen LogP contribution in [0, 0.1) is 5.92 Å². The van der Waals surface area contributed by atoms with E-state index in [0.717, 1.165) is 0 Å². The molecule has 0 aliphatic rings. The number of nitrogens with one attached hydrogen (secondary N) is 1. The number of carboxylic acids is 1. The van der Waals surface area contributed by atoms with Gasteiger partial charge in [-0.05, 0) is 12.5 Å². The third-order valence-corrected chi connectivity index (χ3v) is 2.28. The molecule has 0 rings (SSSR count). The lowest BCUT2D eigenvalue weighted by molar-refractivity contribution is -0.148. The minimum Gasteiger partial charge on any atom is -0.480 e. The Morgan fingerprint density at radius 1 is 1.18 bits per heavy atom. The third-order valence-electron chi connectivity index (χ3n) is 2.28. The van der Waals surface area contributed by atoms with Crippen LogP contribution >= 0.6 is 0 Å². The van der Waals surface area contributed by atoms with Crippen molar-refractivity contribution in [3.8, 4) is 0 Å². The molecule has 0 aromatic heterocycles. The maximum Gasteiger partial charge on any atom is 0.323 e. The maximum atomic E-state index is 10.9. The second kappa shape index (κ2) is 7.57. The Balaban J connectivity index is 4.53. The fourth-order valence-electron chi connectivity index (χ4n) is 1.25. The maximum absolute atomic E-state index is 10.9. The van der Waals surface area contributed by atoms with E-state index in [9.17, 15) is 15.0 Å². The van der Waals surface area contributed by atoms with Crippen molar-refractivity contribution < 1.29 is 30.3 Å². The molecule has 0 fully saturated rings. The largest absolute Gasteiger partial charge is 0.480 e. The van der Waals surface area contributed by atoms with Crippen LogP contribution < -0.4 is 5.32 Å². The minimum absolute atomic E-state index is 0.170. The number of rotatable bonds is 8. The monoisotopic (exact) mass is 251 g/mol. The zero-order valence-electron chi connectivity index (χ0n) is 9.95. The lowest BCUT2D eigenvalue weighted by atomic mass is 10.0. The van der Waals surface area contributed by atoms with Gasteiger partial charge in [0.25, 0.3) is 0 Å². The Hall–Kier alpha value is -0.730. The van der Waals surface area contributed by atoms with Gasteiger partial charge in [0, 0.05) is 0 Å². The number of aliphatic hydroxyl groups is 4. The highest BCUT2D eigenvalue weighted by Crippen LogP contribution is 2.06. The SMILES string of the molecule is CC(C)CN[C@@H](C(=O)O)[C@@H](O)[C@H](O)[C@H](O)CO. The molecule has 17 heavy (non-hydrogen) atoms. The molecule has 0 saturated carbocycles. The molecule has 0 saturated heterocycles. The molecule has 6 N–H and O–H groups in total. The molecule has 4 atom stereocenters. The van der Waals surface area contributed by atoms with Crippen LogP contribution in [-0.2, 0) is 4.79 Å². The minimum atomic E-state index is -1.72. The quantitative estimate of drug-likeness (QED) is 0.287. The van der Waals surface area contributed by atoms with Gasteiger partial charge in [-0.3, -0.25) is 4.79 Å². The zero-order valence-corrected chi connectivity index (χ0v) is 9.95. The van der Waals surface area contributed by atoms with Gasteiger partial charge in [-0.1, -0.05) is 13.8 Å². The van der Waals surface area contributed by atoms with Crippen molar-refractivity contribution >= 4 is 5.97 Å². The fourth-order valence-corrected chi connectivity index (χ4v) is 1.25. The lowest BCUT2D eigenvalue weighted by Crippen LogP contribution is -2.55. The highest BCUT2D eigenvalue weighted by Gasteiger charge is 2.35. The highest BCUT2D eigenvalue weighted by molar-refractivity contribution is 5.74. The first-order chi connectivity index (χ1) is 7.81. The number of aliphatic hydroxyl groups excluding tert-OH is 4. The molecule has 0 amide bonds. The van der Waals surface area contributed by atoms with Gasteiger partial charge < -0.3 is 30.8 Å². The summed E-state index contributed by atoms with van der Waals surface area (Å²) >= 11 is 0. The van der Waals surface area contributed by atoms with Crippen molar-refractivity contribution in [2.24, 2.45) is 5.92 Å². The first kappa shape index (κ1) is 16.3. The van der Waals surface area contributed by atoms with E-state index < -0.39 is 36.9 Å². The number of hydrogen-bond acceptors (Lipinski definition) is 6. The van der Waals surface area contributed by atoms with Gasteiger partial charge in [-0.2, -0.15) is 0 Å². The summed E-state index contributed by atoms with van der Waals surface area (Å²) in [6, 6.07) is -1.39. The van der Waals surface area contributed by atoms with E-state index in [1.165, 1.54) is 0 Å². The Labute approximate surface area is 99.7 Å². The van der Waals surface area contributed by atoms with Gasteiger partial charge >= 0.3 is 5.97 Å². The van der Waals surface area contributed by atoms with E-state index >= 15 is 0 Å². The number of hydrogen-bond donors (Lipinski definition) is 6. The number of carboxylic acid groups (broad SMARTS) is 1. The van der Waals surface area contributed by atoms with Crippen molar-refractivity contribution in [3.63, 3.8) is 0 Å². The van der Waals surface area contributed by atoms with E-state index in [1.807, 2.05) is 13.8 Å². The molecule has 102 valence electrons. The lowest BCUT2D eigenvalue weighted by Gasteiger charge is -2.27. The normalized spacial score (nSPS) is 18.8. The summed E-state index contributed by atoms with van der Waals surface area (Å²) in [7, 11) is 0. The third kappa shape index (κ3) is 5.42. The Bertz CT molecular complexity index is 235. The van der Waals surface area contributed by atoms with Gasteiger partial charge in [-0.15, -0.1) is 0 Å². The van der Waals surface area contributed by atoms with E-state index in [-0.39, 0.29) is 5.92 Å². The molecule has 7 nitrogen and oxygen atoms in total. The van der Waals surface area contributed by atoms with Crippen LogP contribution in [-0.4, -0.2) is 69.0 Å². The summed E-state index contributed by atoms with van der Waals surface area (Å²) < 4.78 is 0. The van der Waals surface area contributed by atoms with Crippen molar-refractivity contribution in [1.82, 2.24) is 5.32 Å². The predicted molar refractivity (Wildman–Crippen MR) is 59.4 cm³/mol. The second-order valence-electron chi connectivity index (χ2n) is 4.35. The molecular weight excluding hydrogens is 230 g/mol. The molecule has 0 aromatic rings. The zero-order chi connectivity index (χ0) is 13.6. The van der Waals surface area contributed by atoms with Gasteiger partial charge in [0.05, 0.1) is 6.61 Å². The van der Waals surface area contributed by atoms with Crippen LogP contribution in [0.4, 0.5) is 0 Å². The summed E-state index contributed by atoms with van der Waals surface area (Å²) in [6.45, 7) is 3.30. The first-order valence-electron chi connectivity index (χ1n) is 5.42. The standard InChI is InChI=1S/C10H21NO6/c1-5(2)3-11-7(10(16)17)9(15)8(14)6(13)4-12/h5-9,11-15H,3-4H2,1-2H3,(H,16,17)/t6-,7-,8-,9-/m1/s1. The predicted octanol–water partition coefficient (Wildman–Crippen LogP) is -2.24. The van der Waals surface area contributed by atoms with E-state index in [0.29, 0.717) is 6.54 Å². The molecular formula is C10H21NO6. The van der Waals surface area contributed by atoms with Crippen LogP contribution in [0.15, 0.2) is 0 Å². The van der Waals surface area contributed by atoms with Crippen LogP contribution in [0.2, 0.25) is 0 Å². The molecule has 0 unspecified atom stereocenters. The van der Waals surface area contributed by atoms with Gasteiger partial charge in [-0.25, -0.2) is 0 Å². The number of aliphatic carboxylic acids is 1. The highest BCUT2D eigenvalue weighted by atomic mass is 16.4. The topological polar surface area (TPSA) is 130 Å². The molecule has 0 radical (unpaired) electrons. The van der Waals surface area contributed by atoms with Crippen molar-refractivity contribution in [2.45, 2.75) is 38.2 Å². The van der Waals surface area contributed by atoms with Gasteiger partial charge in [0.1, 0.15) is 24.4 Å². The van der Waals surface area contributed by atoms with Crippen LogP contribution in [0.25, 0.3) is 0 Å². The first-order valence-corrected chi connectivity index (χ1v) is 5.42. The van der Waals surface area contributed by atoms with E-state index in [1.54, 1.807) is 0 Å². The van der Waals surface area contributed by atoms with Crippen LogP contribution in [0.3, 0.4) is 0 Å². The Morgan fingerprint density at radius 3 is 2.06 bits per heavy atom. The molecule has 0 bridgehead atoms. The van der Waals surface area contributed by atoms with E-state index in [4.69, 9.17) is 15.3 Å². The molecule has 0 spiro atoms.